The van der Waals surface area contributed by atoms with E-state index in [2.05, 4.69) is 31.5 Å². The molecule has 2 saturated heterocycles. The first-order valence-corrected chi connectivity index (χ1v) is 15.5. The monoisotopic (exact) mass is 606 g/mol. The number of aliphatic hydroxyl groups excluding tert-OH is 1. The molecule has 0 aromatic heterocycles. The van der Waals surface area contributed by atoms with Crippen LogP contribution in [0.4, 0.5) is 13.2 Å². The standard InChI is InChI=1S/C29H50ClF3N6O2/c1-5-20(17-36-26(41)28(12-13-28)29(31,32)33)16-24(19(3)30)38-27-37-18-23(39(27)4)10-9-21(6-2)25(40)35-15-11-22-8-7-14-34-22/h6,20,22-23,25,27,34-35,37-38,40H,5,7-18H2,1-4H3,(H,36,41)/b21-6+,24-19-. The van der Waals surface area contributed by atoms with E-state index in [0.717, 1.165) is 50.2 Å². The highest BCUT2D eigenvalue weighted by Crippen LogP contribution is 2.57. The summed E-state index contributed by atoms with van der Waals surface area (Å²) in [5.74, 6) is -0.978. The van der Waals surface area contributed by atoms with Gasteiger partial charge in [-0.3, -0.25) is 20.3 Å². The minimum atomic E-state index is -4.51. The van der Waals surface area contributed by atoms with Crippen LogP contribution < -0.4 is 26.6 Å². The molecule has 5 unspecified atom stereocenters. The lowest BCUT2D eigenvalue weighted by Gasteiger charge is -2.29. The van der Waals surface area contributed by atoms with E-state index in [1.165, 1.54) is 12.8 Å². The number of hydrogen-bond donors (Lipinski definition) is 6. The van der Waals surface area contributed by atoms with Crippen LogP contribution in [0, 0.1) is 11.3 Å². The minimum absolute atomic E-state index is 0.0580. The number of nitrogens with zero attached hydrogens (tertiary/aromatic N) is 1. The first-order chi connectivity index (χ1) is 19.4. The summed E-state index contributed by atoms with van der Waals surface area (Å²) < 4.78 is 39.9. The van der Waals surface area contributed by atoms with Crippen LogP contribution in [0.3, 0.4) is 0 Å². The number of nitrogens with one attached hydrogen (secondary N) is 5. The van der Waals surface area contributed by atoms with Crippen LogP contribution in [-0.4, -0.2) is 79.9 Å². The molecule has 0 aromatic rings. The van der Waals surface area contributed by atoms with E-state index in [9.17, 15) is 23.1 Å². The second-order valence-electron chi connectivity index (χ2n) is 11.9. The van der Waals surface area contributed by atoms with Crippen molar-refractivity contribution in [1.29, 1.82) is 0 Å². The molecular weight excluding hydrogens is 557 g/mol. The number of carbonyl (C=O) groups is 1. The predicted molar refractivity (Wildman–Crippen MR) is 157 cm³/mol. The molecule has 0 bridgehead atoms. The summed E-state index contributed by atoms with van der Waals surface area (Å²) in [4.78, 5) is 14.5. The molecule has 6 N–H and O–H groups in total. The van der Waals surface area contributed by atoms with Gasteiger partial charge in [0.25, 0.3) is 0 Å². The van der Waals surface area contributed by atoms with Crippen LogP contribution in [0.15, 0.2) is 22.4 Å². The second kappa shape index (κ2) is 15.4. The summed E-state index contributed by atoms with van der Waals surface area (Å²) in [6.45, 7) is 8.49. The predicted octanol–water partition coefficient (Wildman–Crippen LogP) is 3.89. The zero-order valence-electron chi connectivity index (χ0n) is 25.0. The highest BCUT2D eigenvalue weighted by molar-refractivity contribution is 6.29. The van der Waals surface area contributed by atoms with Crippen LogP contribution in [0.1, 0.15) is 78.6 Å². The summed E-state index contributed by atoms with van der Waals surface area (Å²) in [6, 6.07) is 0.783. The van der Waals surface area contributed by atoms with Gasteiger partial charge in [-0.2, -0.15) is 13.2 Å². The van der Waals surface area contributed by atoms with Gasteiger partial charge in [0, 0.05) is 35.9 Å². The maximum atomic E-state index is 13.3. The molecule has 41 heavy (non-hydrogen) atoms. The fourth-order valence-corrected chi connectivity index (χ4v) is 5.92. The Labute approximate surface area is 248 Å². The van der Waals surface area contributed by atoms with E-state index >= 15 is 0 Å². The van der Waals surface area contributed by atoms with Crippen molar-refractivity contribution in [2.45, 2.75) is 109 Å². The molecule has 1 aliphatic carbocycles. The Bertz CT molecular complexity index is 917. The number of hydrogen-bond acceptors (Lipinski definition) is 7. The van der Waals surface area contributed by atoms with Gasteiger partial charge in [0.15, 0.2) is 0 Å². The van der Waals surface area contributed by atoms with E-state index in [1.807, 2.05) is 27.0 Å². The molecule has 2 aliphatic heterocycles. The smallest absolute Gasteiger partial charge is 0.375 e. The van der Waals surface area contributed by atoms with Crippen molar-refractivity contribution in [2.24, 2.45) is 11.3 Å². The highest BCUT2D eigenvalue weighted by Gasteiger charge is 2.68. The first kappa shape index (κ1) is 34.1. The van der Waals surface area contributed by atoms with Crippen molar-refractivity contribution in [3.8, 4) is 0 Å². The van der Waals surface area contributed by atoms with Crippen molar-refractivity contribution >= 4 is 17.5 Å². The molecule has 3 aliphatic rings. The van der Waals surface area contributed by atoms with Crippen molar-refractivity contribution < 1.29 is 23.1 Å². The molecule has 3 fully saturated rings. The zero-order valence-corrected chi connectivity index (χ0v) is 25.7. The summed E-state index contributed by atoms with van der Waals surface area (Å²) >= 11 is 6.44. The lowest BCUT2D eigenvalue weighted by molar-refractivity contribution is -0.192. The van der Waals surface area contributed by atoms with Crippen molar-refractivity contribution in [3.63, 3.8) is 0 Å². The average Bonchev–Trinajstić information content (AvgIpc) is 3.48. The number of amides is 1. The molecule has 236 valence electrons. The number of carbonyl (C=O) groups excluding carboxylic acids is 1. The molecular formula is C29H50ClF3N6O2. The fourth-order valence-electron chi connectivity index (χ4n) is 5.79. The van der Waals surface area contributed by atoms with Crippen LogP contribution in [0.5, 0.6) is 0 Å². The van der Waals surface area contributed by atoms with Crippen molar-refractivity contribution in [3.05, 3.63) is 22.4 Å². The van der Waals surface area contributed by atoms with E-state index in [0.29, 0.717) is 23.9 Å². The van der Waals surface area contributed by atoms with Gasteiger partial charge in [0.1, 0.15) is 17.9 Å². The molecule has 5 atom stereocenters. The Kier molecular flexibility index (Phi) is 12.8. The third kappa shape index (κ3) is 9.31. The lowest BCUT2D eigenvalue weighted by Crippen LogP contribution is -2.47. The molecule has 0 spiro atoms. The minimum Gasteiger partial charge on any atom is -0.375 e. The van der Waals surface area contributed by atoms with Gasteiger partial charge in [-0.15, -0.1) is 0 Å². The van der Waals surface area contributed by atoms with E-state index in [1.54, 1.807) is 6.92 Å². The molecule has 3 rings (SSSR count). The number of halogens is 4. The third-order valence-corrected chi connectivity index (χ3v) is 9.31. The molecule has 0 radical (unpaired) electrons. The quantitative estimate of drug-likeness (QED) is 0.117. The number of likely N-dealkylation sites (N-methyl/N-ethyl adjacent to an activating group) is 1. The summed E-state index contributed by atoms with van der Waals surface area (Å²) in [7, 11) is 2.03. The van der Waals surface area contributed by atoms with Crippen LogP contribution in [-0.2, 0) is 4.79 Å². The molecule has 12 heteroatoms. The van der Waals surface area contributed by atoms with E-state index < -0.39 is 23.7 Å². The molecule has 2 heterocycles. The van der Waals surface area contributed by atoms with Gasteiger partial charge in [-0.05, 0) is 96.8 Å². The Morgan fingerprint density at radius 1 is 1.27 bits per heavy atom. The van der Waals surface area contributed by atoms with Gasteiger partial charge in [-0.1, -0.05) is 31.0 Å². The largest absolute Gasteiger partial charge is 0.403 e. The highest BCUT2D eigenvalue weighted by atomic mass is 35.5. The molecule has 8 nitrogen and oxygen atoms in total. The fraction of sp³-hybridized carbons (Fsp3) is 0.828. The summed E-state index contributed by atoms with van der Waals surface area (Å²) in [5, 5.41) is 27.5. The van der Waals surface area contributed by atoms with Crippen LogP contribution >= 0.6 is 11.6 Å². The Hall–Kier alpha value is -1.37. The number of rotatable bonds is 16. The Morgan fingerprint density at radius 3 is 2.56 bits per heavy atom. The zero-order chi connectivity index (χ0) is 30.2. The third-order valence-electron chi connectivity index (χ3n) is 9.09. The van der Waals surface area contributed by atoms with Gasteiger partial charge >= 0.3 is 6.18 Å². The average molecular weight is 607 g/mol. The van der Waals surface area contributed by atoms with Gasteiger partial charge < -0.3 is 21.1 Å². The first-order valence-electron chi connectivity index (χ1n) is 15.1. The number of aliphatic hydroxyl groups is 1. The van der Waals surface area contributed by atoms with Crippen molar-refractivity contribution in [2.75, 3.05) is 33.2 Å². The SMILES string of the molecule is C/C=C(\CCC1CNC(N/C(CC(CC)CNC(=O)C2(C(F)(F)F)CC2)=C(/C)Cl)N1C)C(O)NCCC1CCCN1. The number of allylic oxidation sites excluding steroid dienone is 3. The van der Waals surface area contributed by atoms with Crippen molar-refractivity contribution in [1.82, 2.24) is 31.5 Å². The van der Waals surface area contributed by atoms with Crippen LogP contribution in [0.25, 0.3) is 0 Å². The second-order valence-corrected chi connectivity index (χ2v) is 12.5. The number of alkyl halides is 3. The summed E-state index contributed by atoms with van der Waals surface area (Å²) in [6.07, 6.45) is 2.64. The lowest BCUT2D eigenvalue weighted by atomic mass is 9.98. The Balaban J connectivity index is 1.45. The van der Waals surface area contributed by atoms with Crippen LogP contribution in [0.2, 0.25) is 0 Å². The summed E-state index contributed by atoms with van der Waals surface area (Å²) in [5.41, 5.74) is -0.417. The van der Waals surface area contributed by atoms with Gasteiger partial charge in [0.2, 0.25) is 5.91 Å². The van der Waals surface area contributed by atoms with E-state index in [-0.39, 0.29) is 37.6 Å². The van der Waals surface area contributed by atoms with Gasteiger partial charge in [0.05, 0.1) is 0 Å². The molecule has 1 amide bonds. The molecule has 1 saturated carbocycles. The normalized spacial score (nSPS) is 27.0. The maximum Gasteiger partial charge on any atom is 0.403 e. The van der Waals surface area contributed by atoms with E-state index in [4.69, 9.17) is 11.6 Å². The maximum absolute atomic E-state index is 13.3. The van der Waals surface area contributed by atoms with Gasteiger partial charge in [-0.25, -0.2) is 0 Å². The topological polar surface area (TPSA) is 101 Å². The molecule has 0 aromatic carbocycles. The Morgan fingerprint density at radius 2 is 2.00 bits per heavy atom.